The zero-order chi connectivity index (χ0) is 13.1. The Morgan fingerprint density at radius 1 is 1.47 bits per heavy atom. The lowest BCUT2D eigenvalue weighted by Gasteiger charge is -2.15. The smallest absolute Gasteiger partial charge is 0.236 e. The first-order chi connectivity index (χ1) is 7.86. The van der Waals surface area contributed by atoms with Crippen molar-refractivity contribution in [1.82, 2.24) is 5.32 Å². The summed E-state index contributed by atoms with van der Waals surface area (Å²) in [5.41, 5.74) is 0.328. The van der Waals surface area contributed by atoms with Crippen LogP contribution in [0.25, 0.3) is 0 Å². The van der Waals surface area contributed by atoms with Crippen LogP contribution in [0.2, 0.25) is 0 Å². The maximum atomic E-state index is 12.8. The number of nitrogens with one attached hydrogen (secondary N) is 2. The van der Waals surface area contributed by atoms with Crippen LogP contribution in [0.4, 0.5) is 10.1 Å². The van der Waals surface area contributed by atoms with E-state index in [2.05, 4.69) is 26.0 Å². The molecule has 1 unspecified atom stereocenters. The zero-order valence-corrected chi connectivity index (χ0v) is 11.9. The van der Waals surface area contributed by atoms with Crippen molar-refractivity contribution < 1.29 is 12.8 Å². The van der Waals surface area contributed by atoms with Crippen LogP contribution < -0.4 is 10.0 Å². The zero-order valence-electron chi connectivity index (χ0n) is 9.50. The summed E-state index contributed by atoms with van der Waals surface area (Å²) in [6.45, 7) is 1.93. The van der Waals surface area contributed by atoms with E-state index < -0.39 is 21.1 Å². The number of hydrogen-bond donors (Lipinski definition) is 2. The normalized spacial score (nSPS) is 13.4. The molecule has 1 atom stereocenters. The average molecular weight is 325 g/mol. The highest BCUT2D eigenvalue weighted by Gasteiger charge is 2.20. The standard InChI is InChI=1S/C10H14BrFN2O2S/c1-7(6-13-2)17(15,16)14-10-4-3-8(12)5-9(10)11/h3-5,7,13-14H,6H2,1-2H3. The first-order valence-corrected chi connectivity index (χ1v) is 7.32. The van der Waals surface area contributed by atoms with Crippen molar-refractivity contribution in [3.8, 4) is 0 Å². The van der Waals surface area contributed by atoms with Crippen molar-refractivity contribution in [3.05, 3.63) is 28.5 Å². The van der Waals surface area contributed by atoms with Gasteiger partial charge in [0, 0.05) is 11.0 Å². The second kappa shape index (κ2) is 5.79. The molecule has 2 N–H and O–H groups in total. The molecule has 96 valence electrons. The molecule has 0 aliphatic carbocycles. The van der Waals surface area contributed by atoms with Gasteiger partial charge < -0.3 is 5.32 Å². The molecular weight excluding hydrogens is 311 g/mol. The SMILES string of the molecule is CNCC(C)S(=O)(=O)Nc1ccc(F)cc1Br. The van der Waals surface area contributed by atoms with Crippen molar-refractivity contribution in [3.63, 3.8) is 0 Å². The van der Waals surface area contributed by atoms with E-state index in [9.17, 15) is 12.8 Å². The highest BCUT2D eigenvalue weighted by Crippen LogP contribution is 2.24. The van der Waals surface area contributed by atoms with Gasteiger partial charge in [-0.05, 0) is 48.1 Å². The summed E-state index contributed by atoms with van der Waals surface area (Å²) in [6.07, 6.45) is 0. The topological polar surface area (TPSA) is 58.2 Å². The Hall–Kier alpha value is -0.660. The fourth-order valence-corrected chi connectivity index (χ4v) is 2.88. The number of anilines is 1. The van der Waals surface area contributed by atoms with Gasteiger partial charge in [0.05, 0.1) is 10.9 Å². The van der Waals surface area contributed by atoms with E-state index >= 15 is 0 Å². The Bertz CT molecular complexity index is 493. The van der Waals surface area contributed by atoms with Crippen molar-refractivity contribution in [2.45, 2.75) is 12.2 Å². The Labute approximate surface area is 109 Å². The maximum Gasteiger partial charge on any atom is 0.236 e. The number of sulfonamides is 1. The molecule has 1 aromatic rings. The van der Waals surface area contributed by atoms with Crippen LogP contribution in [0.3, 0.4) is 0 Å². The molecule has 4 nitrogen and oxygen atoms in total. The van der Waals surface area contributed by atoms with E-state index in [0.717, 1.165) is 0 Å². The first-order valence-electron chi connectivity index (χ1n) is 4.98. The maximum absolute atomic E-state index is 12.8. The lowest BCUT2D eigenvalue weighted by molar-refractivity contribution is 0.583. The third kappa shape index (κ3) is 3.93. The molecule has 17 heavy (non-hydrogen) atoms. The van der Waals surface area contributed by atoms with Gasteiger partial charge in [0.25, 0.3) is 0 Å². The first kappa shape index (κ1) is 14.4. The molecule has 0 amide bonds. The minimum Gasteiger partial charge on any atom is -0.318 e. The summed E-state index contributed by atoms with van der Waals surface area (Å²) in [5, 5.41) is 2.21. The molecule has 0 bridgehead atoms. The van der Waals surface area contributed by atoms with Crippen molar-refractivity contribution in [2.24, 2.45) is 0 Å². The second-order valence-electron chi connectivity index (χ2n) is 3.64. The van der Waals surface area contributed by atoms with Crippen LogP contribution in [0.5, 0.6) is 0 Å². The van der Waals surface area contributed by atoms with Gasteiger partial charge in [0.2, 0.25) is 10.0 Å². The molecule has 0 aliphatic rings. The molecule has 0 heterocycles. The lowest BCUT2D eigenvalue weighted by Crippen LogP contribution is -2.33. The van der Waals surface area contributed by atoms with Crippen LogP contribution in [0.1, 0.15) is 6.92 Å². The van der Waals surface area contributed by atoms with Crippen molar-refractivity contribution in [2.75, 3.05) is 18.3 Å². The lowest BCUT2D eigenvalue weighted by atomic mass is 10.3. The van der Waals surface area contributed by atoms with Gasteiger partial charge in [-0.2, -0.15) is 0 Å². The minimum absolute atomic E-state index is 0.328. The Morgan fingerprint density at radius 2 is 2.12 bits per heavy atom. The van der Waals surface area contributed by atoms with Gasteiger partial charge >= 0.3 is 0 Å². The summed E-state index contributed by atoms with van der Waals surface area (Å²) >= 11 is 3.11. The summed E-state index contributed by atoms with van der Waals surface area (Å²) < 4.78 is 39.4. The van der Waals surface area contributed by atoms with Crippen LogP contribution in [0, 0.1) is 5.82 Å². The third-order valence-corrected chi connectivity index (χ3v) is 4.59. The van der Waals surface area contributed by atoms with E-state index in [1.165, 1.54) is 18.2 Å². The second-order valence-corrected chi connectivity index (χ2v) is 6.59. The molecule has 0 spiro atoms. The van der Waals surface area contributed by atoms with Crippen LogP contribution in [-0.2, 0) is 10.0 Å². The summed E-state index contributed by atoms with van der Waals surface area (Å²) in [5.74, 6) is -0.428. The summed E-state index contributed by atoms with van der Waals surface area (Å²) in [6, 6.07) is 3.79. The molecule has 1 aromatic carbocycles. The predicted octanol–water partition coefficient (Wildman–Crippen LogP) is 1.94. The largest absolute Gasteiger partial charge is 0.318 e. The molecular formula is C10H14BrFN2O2S. The molecule has 0 radical (unpaired) electrons. The Kier molecular flexibility index (Phi) is 4.91. The molecule has 0 fully saturated rings. The van der Waals surface area contributed by atoms with Crippen LogP contribution >= 0.6 is 15.9 Å². The number of benzene rings is 1. The van der Waals surface area contributed by atoms with Crippen LogP contribution in [0.15, 0.2) is 22.7 Å². The van der Waals surface area contributed by atoms with Gasteiger partial charge in [-0.15, -0.1) is 0 Å². The number of rotatable bonds is 5. The monoisotopic (exact) mass is 324 g/mol. The molecule has 1 rings (SSSR count). The van der Waals surface area contributed by atoms with Gasteiger partial charge in [0.15, 0.2) is 0 Å². The summed E-state index contributed by atoms with van der Waals surface area (Å²) in [7, 11) is -1.80. The molecule has 0 aliphatic heterocycles. The number of hydrogen-bond acceptors (Lipinski definition) is 3. The molecule has 0 saturated heterocycles. The van der Waals surface area contributed by atoms with E-state index in [0.29, 0.717) is 16.7 Å². The van der Waals surface area contributed by atoms with Gasteiger partial charge in [-0.1, -0.05) is 0 Å². The van der Waals surface area contributed by atoms with Crippen molar-refractivity contribution >= 4 is 31.6 Å². The summed E-state index contributed by atoms with van der Waals surface area (Å²) in [4.78, 5) is 0. The van der Waals surface area contributed by atoms with E-state index in [1.807, 2.05) is 0 Å². The minimum atomic E-state index is -3.48. The fourth-order valence-electron chi connectivity index (χ4n) is 1.22. The van der Waals surface area contributed by atoms with Crippen LogP contribution in [-0.4, -0.2) is 27.3 Å². The quantitative estimate of drug-likeness (QED) is 0.870. The molecule has 0 saturated carbocycles. The fraction of sp³-hybridized carbons (Fsp3) is 0.400. The van der Waals surface area contributed by atoms with E-state index in [1.54, 1.807) is 14.0 Å². The molecule has 0 aromatic heterocycles. The van der Waals surface area contributed by atoms with Gasteiger partial charge in [-0.25, -0.2) is 12.8 Å². The predicted molar refractivity (Wildman–Crippen MR) is 70.0 cm³/mol. The van der Waals surface area contributed by atoms with Gasteiger partial charge in [0.1, 0.15) is 5.82 Å². The number of halogens is 2. The van der Waals surface area contributed by atoms with Crippen molar-refractivity contribution in [1.29, 1.82) is 0 Å². The third-order valence-electron chi connectivity index (χ3n) is 2.20. The van der Waals surface area contributed by atoms with E-state index in [-0.39, 0.29) is 0 Å². The Morgan fingerprint density at radius 3 is 2.65 bits per heavy atom. The average Bonchev–Trinajstić information content (AvgIpc) is 2.22. The van der Waals surface area contributed by atoms with Gasteiger partial charge in [-0.3, -0.25) is 4.72 Å². The molecule has 7 heteroatoms. The highest BCUT2D eigenvalue weighted by atomic mass is 79.9. The highest BCUT2D eigenvalue weighted by molar-refractivity contribution is 9.10. The van der Waals surface area contributed by atoms with E-state index in [4.69, 9.17) is 0 Å². The Balaban J connectivity index is 2.90.